The number of thioether (sulfide) groups is 1. The largest absolute Gasteiger partial charge is 0.390 e. The van der Waals surface area contributed by atoms with Crippen molar-refractivity contribution in [2.45, 2.75) is 31.5 Å². The van der Waals surface area contributed by atoms with Crippen LogP contribution >= 0.6 is 11.8 Å². The average molecular weight is 340 g/mol. The third kappa shape index (κ3) is 3.66. The van der Waals surface area contributed by atoms with Crippen molar-refractivity contribution in [1.29, 1.82) is 0 Å². The van der Waals surface area contributed by atoms with Gasteiger partial charge < -0.3 is 5.11 Å². The van der Waals surface area contributed by atoms with Crippen LogP contribution in [0.5, 0.6) is 0 Å². The molecule has 0 saturated heterocycles. The standard InChI is InChI=1S/C18H20N4OS/c1-13-6-4-5-7-15(13)22-16(14-8-10-19-11-9-14)20-21-17(22)24-12-18(2,3)23/h4-11,23H,12H2,1-3H3. The molecule has 1 aromatic carbocycles. The van der Waals surface area contributed by atoms with Gasteiger partial charge in [0.05, 0.1) is 11.3 Å². The smallest absolute Gasteiger partial charge is 0.196 e. The number of pyridine rings is 1. The third-order valence-electron chi connectivity index (χ3n) is 3.48. The molecule has 0 aliphatic rings. The Morgan fingerprint density at radius 2 is 1.79 bits per heavy atom. The lowest BCUT2D eigenvalue weighted by atomic mass is 10.2. The molecule has 3 aromatic rings. The summed E-state index contributed by atoms with van der Waals surface area (Å²) in [6.45, 7) is 5.65. The van der Waals surface area contributed by atoms with Crippen molar-refractivity contribution in [2.75, 3.05) is 5.75 Å². The molecule has 0 unspecified atom stereocenters. The fourth-order valence-corrected chi connectivity index (χ4v) is 3.22. The maximum Gasteiger partial charge on any atom is 0.196 e. The summed E-state index contributed by atoms with van der Waals surface area (Å²) in [6, 6.07) is 12.0. The van der Waals surface area contributed by atoms with E-state index in [1.807, 2.05) is 28.8 Å². The van der Waals surface area contributed by atoms with Gasteiger partial charge in [-0.25, -0.2) is 0 Å². The van der Waals surface area contributed by atoms with Crippen LogP contribution in [0.1, 0.15) is 19.4 Å². The summed E-state index contributed by atoms with van der Waals surface area (Å²) < 4.78 is 2.04. The van der Waals surface area contributed by atoms with Crippen molar-refractivity contribution in [2.24, 2.45) is 0 Å². The number of benzene rings is 1. The van der Waals surface area contributed by atoms with Crippen LogP contribution in [-0.2, 0) is 0 Å². The van der Waals surface area contributed by atoms with Crippen LogP contribution < -0.4 is 0 Å². The zero-order chi connectivity index (χ0) is 17.2. The quantitative estimate of drug-likeness (QED) is 0.720. The number of aryl methyl sites for hydroxylation is 1. The Morgan fingerprint density at radius 3 is 2.46 bits per heavy atom. The highest BCUT2D eigenvalue weighted by Crippen LogP contribution is 2.30. The molecule has 2 heterocycles. The van der Waals surface area contributed by atoms with Gasteiger partial charge in [-0.15, -0.1) is 10.2 Å². The van der Waals surface area contributed by atoms with Crippen molar-refractivity contribution >= 4 is 11.8 Å². The van der Waals surface area contributed by atoms with E-state index in [4.69, 9.17) is 0 Å². The summed E-state index contributed by atoms with van der Waals surface area (Å²) in [6.07, 6.45) is 3.49. The number of nitrogens with zero attached hydrogens (tertiary/aromatic N) is 4. The fourth-order valence-electron chi connectivity index (χ4n) is 2.32. The molecular weight excluding hydrogens is 320 g/mol. The number of rotatable bonds is 5. The van der Waals surface area contributed by atoms with E-state index in [0.717, 1.165) is 27.8 Å². The van der Waals surface area contributed by atoms with Gasteiger partial charge >= 0.3 is 0 Å². The summed E-state index contributed by atoms with van der Waals surface area (Å²) >= 11 is 1.50. The second-order valence-electron chi connectivity index (χ2n) is 6.27. The molecule has 0 saturated carbocycles. The lowest BCUT2D eigenvalue weighted by Crippen LogP contribution is -2.22. The minimum Gasteiger partial charge on any atom is -0.390 e. The fraction of sp³-hybridized carbons (Fsp3) is 0.278. The topological polar surface area (TPSA) is 63.8 Å². The molecule has 0 atom stereocenters. The Bertz CT molecular complexity index is 825. The molecule has 24 heavy (non-hydrogen) atoms. The van der Waals surface area contributed by atoms with E-state index in [1.165, 1.54) is 11.8 Å². The predicted molar refractivity (Wildman–Crippen MR) is 96.3 cm³/mol. The van der Waals surface area contributed by atoms with E-state index in [2.05, 4.69) is 34.2 Å². The molecule has 0 bridgehead atoms. The summed E-state index contributed by atoms with van der Waals surface area (Å²) in [7, 11) is 0. The molecule has 0 aliphatic carbocycles. The van der Waals surface area contributed by atoms with Gasteiger partial charge in [-0.3, -0.25) is 9.55 Å². The second kappa shape index (κ2) is 6.75. The van der Waals surface area contributed by atoms with Gasteiger partial charge in [0.2, 0.25) is 0 Å². The van der Waals surface area contributed by atoms with Crippen molar-refractivity contribution in [3.05, 3.63) is 54.4 Å². The zero-order valence-electron chi connectivity index (χ0n) is 14.0. The first-order valence-corrected chi connectivity index (χ1v) is 8.71. The highest BCUT2D eigenvalue weighted by Gasteiger charge is 2.20. The Hall–Kier alpha value is -2.18. The first-order valence-electron chi connectivity index (χ1n) is 7.73. The SMILES string of the molecule is Cc1ccccc1-n1c(SCC(C)(C)O)nnc1-c1ccncc1. The van der Waals surface area contributed by atoms with Crippen LogP contribution in [0, 0.1) is 6.92 Å². The van der Waals surface area contributed by atoms with Gasteiger partial charge in [-0.05, 0) is 44.5 Å². The molecule has 3 rings (SSSR count). The predicted octanol–water partition coefficient (Wildman–Crippen LogP) is 3.50. The van der Waals surface area contributed by atoms with Gasteiger partial charge in [0.25, 0.3) is 0 Å². The van der Waals surface area contributed by atoms with E-state index < -0.39 is 5.60 Å². The van der Waals surface area contributed by atoms with Gasteiger partial charge in [-0.2, -0.15) is 0 Å². The van der Waals surface area contributed by atoms with Crippen LogP contribution in [0.2, 0.25) is 0 Å². The summed E-state index contributed by atoms with van der Waals surface area (Å²) in [5.41, 5.74) is 2.35. The number of aliphatic hydroxyl groups is 1. The van der Waals surface area contributed by atoms with E-state index in [-0.39, 0.29) is 0 Å². The lowest BCUT2D eigenvalue weighted by molar-refractivity contribution is 0.107. The van der Waals surface area contributed by atoms with Crippen LogP contribution in [0.4, 0.5) is 0 Å². The third-order valence-corrected chi connectivity index (χ3v) is 4.86. The molecule has 2 aromatic heterocycles. The van der Waals surface area contributed by atoms with Crippen molar-refractivity contribution in [3.63, 3.8) is 0 Å². The van der Waals surface area contributed by atoms with Gasteiger partial charge in [-0.1, -0.05) is 30.0 Å². The van der Waals surface area contributed by atoms with Crippen LogP contribution in [0.25, 0.3) is 17.1 Å². The van der Waals surface area contributed by atoms with Crippen LogP contribution in [0.3, 0.4) is 0 Å². The van der Waals surface area contributed by atoms with Gasteiger partial charge in [0, 0.05) is 23.7 Å². The maximum absolute atomic E-state index is 10.0. The first-order chi connectivity index (χ1) is 11.5. The Kier molecular flexibility index (Phi) is 4.69. The molecule has 0 amide bonds. The molecule has 5 nitrogen and oxygen atoms in total. The zero-order valence-corrected chi connectivity index (χ0v) is 14.8. The first kappa shape index (κ1) is 16.7. The van der Waals surface area contributed by atoms with E-state index in [0.29, 0.717) is 5.75 Å². The van der Waals surface area contributed by atoms with Crippen LogP contribution in [0.15, 0.2) is 53.9 Å². The molecule has 0 aliphatic heterocycles. The van der Waals surface area contributed by atoms with Crippen molar-refractivity contribution < 1.29 is 5.11 Å². The van der Waals surface area contributed by atoms with E-state index >= 15 is 0 Å². The lowest BCUT2D eigenvalue weighted by Gasteiger charge is -2.17. The van der Waals surface area contributed by atoms with Gasteiger partial charge in [0.1, 0.15) is 0 Å². The van der Waals surface area contributed by atoms with Crippen molar-refractivity contribution in [1.82, 2.24) is 19.7 Å². The highest BCUT2D eigenvalue weighted by atomic mass is 32.2. The minimum absolute atomic E-state index is 0.535. The Morgan fingerprint density at radius 1 is 1.08 bits per heavy atom. The van der Waals surface area contributed by atoms with Crippen molar-refractivity contribution in [3.8, 4) is 17.1 Å². The maximum atomic E-state index is 10.0. The summed E-state index contributed by atoms with van der Waals surface area (Å²) in [5.74, 6) is 1.30. The number of hydrogen-bond donors (Lipinski definition) is 1. The Balaban J connectivity index is 2.11. The monoisotopic (exact) mass is 340 g/mol. The summed E-state index contributed by atoms with van der Waals surface area (Å²) in [5, 5.41) is 19.5. The van der Waals surface area contributed by atoms with E-state index in [1.54, 1.807) is 26.2 Å². The molecule has 6 heteroatoms. The molecule has 0 radical (unpaired) electrons. The Labute approximate surface area is 145 Å². The molecule has 0 fully saturated rings. The van der Waals surface area contributed by atoms with Crippen LogP contribution in [-0.4, -0.2) is 36.2 Å². The average Bonchev–Trinajstić information content (AvgIpc) is 2.97. The number of aromatic nitrogens is 4. The second-order valence-corrected chi connectivity index (χ2v) is 7.21. The number of para-hydroxylation sites is 1. The molecule has 124 valence electrons. The normalized spacial score (nSPS) is 11.7. The van der Waals surface area contributed by atoms with E-state index in [9.17, 15) is 5.11 Å². The number of hydrogen-bond acceptors (Lipinski definition) is 5. The summed E-state index contributed by atoms with van der Waals surface area (Å²) in [4.78, 5) is 4.07. The highest BCUT2D eigenvalue weighted by molar-refractivity contribution is 7.99. The van der Waals surface area contributed by atoms with Gasteiger partial charge in [0.15, 0.2) is 11.0 Å². The molecule has 1 N–H and O–H groups in total. The molecule has 0 spiro atoms. The molecular formula is C18H20N4OS. The minimum atomic E-state index is -0.774.